The van der Waals surface area contributed by atoms with E-state index in [2.05, 4.69) is 97.1 Å². The molecule has 0 atom stereocenters. The molecule has 0 fully saturated rings. The molecule has 7 aromatic carbocycles. The van der Waals surface area contributed by atoms with Crippen molar-refractivity contribution in [2.24, 2.45) is 0 Å². The second-order valence-corrected chi connectivity index (χ2v) is 14.0. The van der Waals surface area contributed by atoms with Gasteiger partial charge in [0.05, 0.1) is 15.7 Å². The van der Waals surface area contributed by atoms with Gasteiger partial charge in [-0.1, -0.05) is 133 Å². The largest absolute Gasteiger partial charge is 0.256 e. The highest BCUT2D eigenvalue weighted by Crippen LogP contribution is 2.41. The Bertz CT molecular complexity index is 2880. The number of hydrogen-bond acceptors (Lipinski definition) is 6. The number of nitrogens with zero attached hydrogens (tertiary/aromatic N) is 5. The van der Waals surface area contributed by atoms with Gasteiger partial charge < -0.3 is 0 Å². The molecule has 5 nitrogen and oxygen atoms in total. The molecule has 0 bridgehead atoms. The number of hydrogen-bond donors (Lipinski definition) is 0. The highest BCUT2D eigenvalue weighted by atomic mass is 32.1. The van der Waals surface area contributed by atoms with E-state index in [0.29, 0.717) is 17.5 Å². The van der Waals surface area contributed by atoms with Gasteiger partial charge in [-0.15, -0.1) is 11.3 Å². The van der Waals surface area contributed by atoms with Crippen molar-refractivity contribution in [3.8, 4) is 67.0 Å². The molecule has 0 amide bonds. The van der Waals surface area contributed by atoms with E-state index >= 15 is 0 Å². The summed E-state index contributed by atoms with van der Waals surface area (Å²) >= 11 is 1.71. The van der Waals surface area contributed by atoms with Crippen molar-refractivity contribution >= 4 is 43.2 Å². The Morgan fingerprint density at radius 2 is 0.925 bits per heavy atom. The molecule has 6 heteroatoms. The van der Waals surface area contributed by atoms with E-state index in [4.69, 9.17) is 24.9 Å². The highest BCUT2D eigenvalue weighted by Gasteiger charge is 2.18. The van der Waals surface area contributed by atoms with Gasteiger partial charge >= 0.3 is 0 Å². The third kappa shape index (κ3) is 5.72. The highest BCUT2D eigenvalue weighted by molar-refractivity contribution is 7.21. The Labute approximate surface area is 310 Å². The lowest BCUT2D eigenvalue weighted by Crippen LogP contribution is -2.00. The van der Waals surface area contributed by atoms with E-state index in [1.54, 1.807) is 11.3 Å². The van der Waals surface area contributed by atoms with Crippen LogP contribution >= 0.6 is 11.3 Å². The fourth-order valence-electron chi connectivity index (χ4n) is 7.04. The van der Waals surface area contributed by atoms with E-state index in [9.17, 15) is 0 Å². The molecule has 0 saturated heterocycles. The predicted molar refractivity (Wildman–Crippen MR) is 218 cm³/mol. The first-order valence-corrected chi connectivity index (χ1v) is 18.3. The molecular formula is C47H29N5S. The lowest BCUT2D eigenvalue weighted by Gasteiger charge is -2.15. The topological polar surface area (TPSA) is 64.5 Å². The van der Waals surface area contributed by atoms with Crippen LogP contribution in [0.15, 0.2) is 176 Å². The fourth-order valence-corrected chi connectivity index (χ4v) is 8.04. The lowest BCUT2D eigenvalue weighted by atomic mass is 9.91. The van der Waals surface area contributed by atoms with Crippen LogP contribution in [0.5, 0.6) is 0 Å². The van der Waals surface area contributed by atoms with Crippen LogP contribution in [-0.4, -0.2) is 24.9 Å². The van der Waals surface area contributed by atoms with E-state index in [0.717, 1.165) is 81.4 Å². The van der Waals surface area contributed by atoms with Gasteiger partial charge in [-0.3, -0.25) is 4.98 Å². The van der Waals surface area contributed by atoms with Crippen LogP contribution in [-0.2, 0) is 0 Å². The third-order valence-electron chi connectivity index (χ3n) is 9.57. The van der Waals surface area contributed by atoms with Crippen LogP contribution in [0.2, 0.25) is 0 Å². The van der Waals surface area contributed by atoms with E-state index in [1.807, 2.05) is 79.0 Å². The summed E-state index contributed by atoms with van der Waals surface area (Å²) < 4.78 is 1.13. The van der Waals surface area contributed by atoms with Crippen molar-refractivity contribution < 1.29 is 0 Å². The summed E-state index contributed by atoms with van der Waals surface area (Å²) in [5, 5.41) is 4.33. The first-order chi connectivity index (χ1) is 26.2. The molecule has 0 radical (unpaired) electrons. The van der Waals surface area contributed by atoms with Gasteiger partial charge in [-0.25, -0.2) is 19.9 Å². The zero-order valence-corrected chi connectivity index (χ0v) is 29.2. The average molecular weight is 696 g/mol. The molecule has 3 aromatic heterocycles. The maximum absolute atomic E-state index is 5.23. The number of benzene rings is 7. The maximum atomic E-state index is 5.23. The molecule has 10 rings (SSSR count). The molecule has 10 aromatic rings. The lowest BCUT2D eigenvalue weighted by molar-refractivity contribution is 1.07. The zero-order valence-electron chi connectivity index (χ0n) is 28.4. The summed E-state index contributed by atoms with van der Waals surface area (Å²) in [6.07, 6.45) is 1.87. The van der Waals surface area contributed by atoms with Crippen molar-refractivity contribution in [2.45, 2.75) is 0 Å². The Kier molecular flexibility index (Phi) is 7.59. The summed E-state index contributed by atoms with van der Waals surface area (Å²) in [7, 11) is 0. The third-order valence-corrected chi connectivity index (χ3v) is 10.6. The number of thiazole rings is 1. The standard InChI is InChI=1S/C47H29N5S/c1-4-14-30(15-5-1)44-50-45(31-16-6-2-7-17-31)52-46(51-44)36-27-34(38-22-12-24-41-43(38)49-47(53-41)32-18-8-3-9-19-32)26-35(28-36)40-29-33-20-10-11-21-37(33)42-39(40)23-13-25-48-42/h1-29H. The Morgan fingerprint density at radius 1 is 0.358 bits per heavy atom. The van der Waals surface area contributed by atoms with Crippen molar-refractivity contribution in [1.82, 2.24) is 24.9 Å². The van der Waals surface area contributed by atoms with Gasteiger partial charge in [0.1, 0.15) is 5.01 Å². The van der Waals surface area contributed by atoms with Gasteiger partial charge in [-0.2, -0.15) is 0 Å². The average Bonchev–Trinajstić information content (AvgIpc) is 3.69. The monoisotopic (exact) mass is 695 g/mol. The summed E-state index contributed by atoms with van der Waals surface area (Å²) in [5.74, 6) is 1.84. The molecule has 0 aliphatic carbocycles. The molecule has 0 aliphatic heterocycles. The van der Waals surface area contributed by atoms with Gasteiger partial charge in [0.25, 0.3) is 0 Å². The summed E-state index contributed by atoms with van der Waals surface area (Å²) in [4.78, 5) is 25.4. The van der Waals surface area contributed by atoms with Crippen LogP contribution in [0, 0.1) is 0 Å². The minimum atomic E-state index is 0.597. The molecule has 0 spiro atoms. The SMILES string of the molecule is c1ccc(-c2nc(-c3ccccc3)nc(-c3cc(-c4cc5ccccc5c5ncccc45)cc(-c4cccc5sc(-c6ccccc6)nc45)c3)n2)cc1. The normalized spacial score (nSPS) is 11.4. The van der Waals surface area contributed by atoms with Crippen molar-refractivity contribution in [3.63, 3.8) is 0 Å². The summed E-state index contributed by atoms with van der Waals surface area (Å²) in [6, 6.07) is 58.6. The summed E-state index contributed by atoms with van der Waals surface area (Å²) in [6.45, 7) is 0. The smallest absolute Gasteiger partial charge is 0.164 e. The maximum Gasteiger partial charge on any atom is 0.164 e. The zero-order chi connectivity index (χ0) is 35.1. The van der Waals surface area contributed by atoms with Crippen LogP contribution in [0.25, 0.3) is 98.9 Å². The van der Waals surface area contributed by atoms with Gasteiger partial charge in [0.15, 0.2) is 17.5 Å². The molecule has 0 aliphatic rings. The second kappa shape index (κ2) is 13.0. The molecule has 3 heterocycles. The Hall–Kier alpha value is -6.89. The first kappa shape index (κ1) is 30.9. The molecule has 0 saturated carbocycles. The minimum absolute atomic E-state index is 0.597. The minimum Gasteiger partial charge on any atom is -0.256 e. The van der Waals surface area contributed by atoms with Gasteiger partial charge in [-0.05, 0) is 58.5 Å². The predicted octanol–water partition coefficient (Wildman–Crippen LogP) is 12.2. The fraction of sp³-hybridized carbons (Fsp3) is 0. The molecule has 248 valence electrons. The number of pyridine rings is 1. The van der Waals surface area contributed by atoms with Gasteiger partial charge in [0.2, 0.25) is 0 Å². The van der Waals surface area contributed by atoms with Crippen LogP contribution in [0.4, 0.5) is 0 Å². The van der Waals surface area contributed by atoms with Crippen molar-refractivity contribution in [1.29, 1.82) is 0 Å². The van der Waals surface area contributed by atoms with E-state index < -0.39 is 0 Å². The molecule has 53 heavy (non-hydrogen) atoms. The van der Waals surface area contributed by atoms with Crippen molar-refractivity contribution in [3.05, 3.63) is 176 Å². The van der Waals surface area contributed by atoms with Crippen molar-refractivity contribution in [2.75, 3.05) is 0 Å². The molecule has 0 unspecified atom stereocenters. The molecular weight excluding hydrogens is 667 g/mol. The Morgan fingerprint density at radius 3 is 1.62 bits per heavy atom. The Balaban J connectivity index is 1.25. The summed E-state index contributed by atoms with van der Waals surface area (Å²) in [5.41, 5.74) is 9.99. The van der Waals surface area contributed by atoms with Crippen LogP contribution in [0.3, 0.4) is 0 Å². The number of fused-ring (bicyclic) bond motifs is 4. The van der Waals surface area contributed by atoms with Crippen LogP contribution < -0.4 is 0 Å². The number of para-hydroxylation sites is 1. The number of rotatable bonds is 6. The quantitative estimate of drug-likeness (QED) is 0.162. The van der Waals surface area contributed by atoms with Gasteiger partial charge in [0, 0.05) is 44.8 Å². The number of aromatic nitrogens is 5. The van der Waals surface area contributed by atoms with E-state index in [-0.39, 0.29) is 0 Å². The molecule has 0 N–H and O–H groups in total. The second-order valence-electron chi connectivity index (χ2n) is 12.9. The first-order valence-electron chi connectivity index (χ1n) is 17.5. The van der Waals surface area contributed by atoms with E-state index in [1.165, 1.54) is 0 Å². The van der Waals surface area contributed by atoms with Crippen LogP contribution in [0.1, 0.15) is 0 Å².